The average molecular weight is 416 g/mol. The van der Waals surface area contributed by atoms with Crippen molar-refractivity contribution in [2.24, 2.45) is 0 Å². The molecular weight excluding hydrogens is 386 g/mol. The predicted octanol–water partition coefficient (Wildman–Crippen LogP) is 3.40. The maximum atomic E-state index is 12.6. The lowest BCUT2D eigenvalue weighted by molar-refractivity contribution is 0.0948. The minimum absolute atomic E-state index is 0.190. The molecule has 7 heteroatoms. The minimum Gasteiger partial charge on any atom is -0.351 e. The number of hydrogen-bond donors (Lipinski definition) is 2. The molecule has 156 valence electrons. The first kappa shape index (κ1) is 21.3. The summed E-state index contributed by atoms with van der Waals surface area (Å²) in [5, 5.41) is 2.94. The van der Waals surface area contributed by atoms with E-state index < -0.39 is 10.0 Å². The van der Waals surface area contributed by atoms with E-state index in [1.54, 1.807) is 48.5 Å². The quantitative estimate of drug-likeness (QED) is 0.726. The van der Waals surface area contributed by atoms with E-state index in [9.17, 15) is 13.2 Å². The number of anilines is 1. The molecule has 0 radical (unpaired) electrons. The fourth-order valence-corrected chi connectivity index (χ4v) is 4.49. The molecule has 2 aromatic rings. The molecule has 0 atom stereocenters. The second-order valence-corrected chi connectivity index (χ2v) is 9.19. The van der Waals surface area contributed by atoms with Gasteiger partial charge in [0.05, 0.1) is 4.90 Å². The maximum Gasteiger partial charge on any atom is 0.261 e. The third-order valence-corrected chi connectivity index (χ3v) is 6.52. The zero-order chi connectivity index (χ0) is 20.7. The first-order chi connectivity index (χ1) is 13.9. The van der Waals surface area contributed by atoms with E-state index in [1.807, 2.05) is 6.92 Å². The Labute approximate surface area is 173 Å². The lowest BCUT2D eigenvalue weighted by Gasteiger charge is -2.19. The Balaban J connectivity index is 1.58. The molecule has 2 N–H and O–H groups in total. The van der Waals surface area contributed by atoms with Gasteiger partial charge in [-0.25, -0.2) is 8.42 Å². The van der Waals surface area contributed by atoms with Crippen LogP contribution in [0, 0.1) is 6.92 Å². The first-order valence-electron chi connectivity index (χ1n) is 10.1. The number of sulfonamides is 1. The van der Waals surface area contributed by atoms with Gasteiger partial charge in [-0.1, -0.05) is 36.6 Å². The van der Waals surface area contributed by atoms with Gasteiger partial charge < -0.3 is 10.2 Å². The van der Waals surface area contributed by atoms with Crippen LogP contribution in [0.2, 0.25) is 0 Å². The van der Waals surface area contributed by atoms with Crippen LogP contribution in [0.4, 0.5) is 5.69 Å². The highest BCUT2D eigenvalue weighted by atomic mass is 32.2. The summed E-state index contributed by atoms with van der Waals surface area (Å²) in [6.07, 6.45) is 5.01. The zero-order valence-corrected chi connectivity index (χ0v) is 17.7. The molecule has 0 bridgehead atoms. The van der Waals surface area contributed by atoms with Crippen molar-refractivity contribution in [1.29, 1.82) is 0 Å². The van der Waals surface area contributed by atoms with Gasteiger partial charge >= 0.3 is 0 Å². The summed E-state index contributed by atoms with van der Waals surface area (Å²) >= 11 is 0. The molecule has 1 amide bonds. The standard InChI is InChI=1S/C22H29N3O3S/c1-18-9-11-21(12-10-18)29(27,28)24-20-8-6-7-19(17-20)22(26)23-13-16-25-14-4-2-3-5-15-25/h6-12,17,24H,2-5,13-16H2,1H3,(H,23,26). The maximum absolute atomic E-state index is 12.6. The molecule has 29 heavy (non-hydrogen) atoms. The molecule has 6 nitrogen and oxygen atoms in total. The number of hydrogen-bond acceptors (Lipinski definition) is 4. The summed E-state index contributed by atoms with van der Waals surface area (Å²) in [5.74, 6) is -0.198. The fourth-order valence-electron chi connectivity index (χ4n) is 3.44. The lowest BCUT2D eigenvalue weighted by Crippen LogP contribution is -2.35. The highest BCUT2D eigenvalue weighted by Gasteiger charge is 2.15. The van der Waals surface area contributed by atoms with Gasteiger partial charge in [0, 0.05) is 24.3 Å². The molecule has 1 saturated heterocycles. The summed E-state index contributed by atoms with van der Waals surface area (Å²) in [7, 11) is -3.70. The molecule has 1 heterocycles. The first-order valence-corrected chi connectivity index (χ1v) is 11.6. The fraction of sp³-hybridized carbons (Fsp3) is 0.409. The number of benzene rings is 2. The highest BCUT2D eigenvalue weighted by molar-refractivity contribution is 7.92. The highest BCUT2D eigenvalue weighted by Crippen LogP contribution is 2.18. The van der Waals surface area contributed by atoms with Gasteiger partial charge in [-0.3, -0.25) is 9.52 Å². The average Bonchev–Trinajstić information content (AvgIpc) is 2.97. The number of amides is 1. The number of aryl methyl sites for hydroxylation is 1. The molecule has 1 aliphatic rings. The van der Waals surface area contributed by atoms with E-state index in [1.165, 1.54) is 25.7 Å². The largest absolute Gasteiger partial charge is 0.351 e. The Kier molecular flexibility index (Phi) is 7.28. The molecule has 0 aromatic heterocycles. The van der Waals surface area contributed by atoms with Crippen LogP contribution in [0.15, 0.2) is 53.4 Å². The molecule has 0 saturated carbocycles. The summed E-state index contributed by atoms with van der Waals surface area (Å²) in [6, 6.07) is 13.2. The van der Waals surface area contributed by atoms with Crippen LogP contribution in [0.25, 0.3) is 0 Å². The van der Waals surface area contributed by atoms with Crippen molar-refractivity contribution in [3.63, 3.8) is 0 Å². The number of carbonyl (C=O) groups excluding carboxylic acids is 1. The van der Waals surface area contributed by atoms with Crippen molar-refractivity contribution in [1.82, 2.24) is 10.2 Å². The second-order valence-electron chi connectivity index (χ2n) is 7.51. The molecule has 0 spiro atoms. The van der Waals surface area contributed by atoms with Gasteiger partial charge in [-0.2, -0.15) is 0 Å². The second kappa shape index (κ2) is 9.89. The normalized spacial score (nSPS) is 15.5. The van der Waals surface area contributed by atoms with Gasteiger partial charge in [0.1, 0.15) is 0 Å². The van der Waals surface area contributed by atoms with Gasteiger partial charge in [0.25, 0.3) is 15.9 Å². The van der Waals surface area contributed by atoms with Crippen LogP contribution in [0.3, 0.4) is 0 Å². The predicted molar refractivity (Wildman–Crippen MR) is 116 cm³/mol. The number of carbonyl (C=O) groups is 1. The Morgan fingerprint density at radius 3 is 2.38 bits per heavy atom. The van der Waals surface area contributed by atoms with E-state index in [4.69, 9.17) is 0 Å². The number of rotatable bonds is 7. The molecule has 2 aromatic carbocycles. The molecule has 1 aliphatic heterocycles. The zero-order valence-electron chi connectivity index (χ0n) is 16.9. The van der Waals surface area contributed by atoms with Gasteiger partial charge in [-0.05, 0) is 63.2 Å². The van der Waals surface area contributed by atoms with Crippen molar-refractivity contribution in [3.05, 3.63) is 59.7 Å². The van der Waals surface area contributed by atoms with E-state index in [-0.39, 0.29) is 10.8 Å². The Bertz CT molecular complexity index is 919. The number of likely N-dealkylation sites (tertiary alicyclic amines) is 1. The smallest absolute Gasteiger partial charge is 0.261 e. The lowest BCUT2D eigenvalue weighted by atomic mass is 10.2. The van der Waals surface area contributed by atoms with Gasteiger partial charge in [0.15, 0.2) is 0 Å². The third-order valence-electron chi connectivity index (χ3n) is 5.12. The van der Waals surface area contributed by atoms with Crippen LogP contribution in [-0.2, 0) is 10.0 Å². The van der Waals surface area contributed by atoms with Crippen molar-refractivity contribution in [2.75, 3.05) is 30.9 Å². The topological polar surface area (TPSA) is 78.5 Å². The van der Waals surface area contributed by atoms with Gasteiger partial charge in [0.2, 0.25) is 0 Å². The van der Waals surface area contributed by atoms with Crippen molar-refractivity contribution >= 4 is 21.6 Å². The molecule has 3 rings (SSSR count). The van der Waals surface area contributed by atoms with Crippen LogP contribution in [-0.4, -0.2) is 45.4 Å². The molecule has 0 aliphatic carbocycles. The third kappa shape index (κ3) is 6.30. The summed E-state index contributed by atoms with van der Waals surface area (Å²) in [6.45, 7) is 5.50. The number of nitrogens with zero attached hydrogens (tertiary/aromatic N) is 1. The van der Waals surface area contributed by atoms with E-state index in [0.29, 0.717) is 17.8 Å². The molecule has 0 unspecified atom stereocenters. The Morgan fingerprint density at radius 1 is 1.00 bits per heavy atom. The van der Waals surface area contributed by atoms with Gasteiger partial charge in [-0.15, -0.1) is 0 Å². The van der Waals surface area contributed by atoms with Crippen molar-refractivity contribution in [2.45, 2.75) is 37.5 Å². The molecular formula is C22H29N3O3S. The number of nitrogens with one attached hydrogen (secondary N) is 2. The molecule has 1 fully saturated rings. The van der Waals surface area contributed by atoms with Crippen LogP contribution in [0.5, 0.6) is 0 Å². The van der Waals surface area contributed by atoms with Crippen LogP contribution >= 0.6 is 0 Å². The monoisotopic (exact) mass is 415 g/mol. The van der Waals surface area contributed by atoms with Crippen molar-refractivity contribution in [3.8, 4) is 0 Å². The summed E-state index contributed by atoms with van der Waals surface area (Å²) in [5.41, 5.74) is 1.79. The van der Waals surface area contributed by atoms with E-state index >= 15 is 0 Å². The van der Waals surface area contributed by atoms with Crippen LogP contribution in [0.1, 0.15) is 41.6 Å². The Hall–Kier alpha value is -2.38. The summed E-state index contributed by atoms with van der Waals surface area (Å²) < 4.78 is 27.7. The Morgan fingerprint density at radius 2 is 1.69 bits per heavy atom. The van der Waals surface area contributed by atoms with Crippen LogP contribution < -0.4 is 10.0 Å². The van der Waals surface area contributed by atoms with Crippen molar-refractivity contribution < 1.29 is 13.2 Å². The van der Waals surface area contributed by atoms with E-state index in [2.05, 4.69) is 14.9 Å². The minimum atomic E-state index is -3.70. The summed E-state index contributed by atoms with van der Waals surface area (Å²) in [4.78, 5) is 15.1. The van der Waals surface area contributed by atoms with E-state index in [0.717, 1.165) is 25.2 Å². The SMILES string of the molecule is Cc1ccc(S(=O)(=O)Nc2cccc(C(=O)NCCN3CCCCCC3)c2)cc1.